The van der Waals surface area contributed by atoms with Crippen LogP contribution >= 0.6 is 0 Å². The minimum Gasteiger partial charge on any atom is -0.493 e. The van der Waals surface area contributed by atoms with E-state index in [9.17, 15) is 14.7 Å². The summed E-state index contributed by atoms with van der Waals surface area (Å²) in [6, 6.07) is 8.44. The summed E-state index contributed by atoms with van der Waals surface area (Å²) in [7, 11) is 7.22. The number of methoxy groups -OCH3 is 5. The second-order valence-corrected chi connectivity index (χ2v) is 6.66. The molecule has 1 aromatic heterocycles. The van der Waals surface area contributed by atoms with Crippen molar-refractivity contribution in [1.29, 1.82) is 0 Å². The third-order valence-electron chi connectivity index (χ3n) is 4.95. The maximum Gasteiger partial charge on any atom is 0.340 e. The van der Waals surface area contributed by atoms with Gasteiger partial charge in [-0.15, -0.1) is 0 Å². The number of carbonyl (C=O) groups is 2. The van der Waals surface area contributed by atoms with Gasteiger partial charge in [0, 0.05) is 17.0 Å². The molecular formula is C23H23NO8. The van der Waals surface area contributed by atoms with Crippen molar-refractivity contribution in [3.63, 3.8) is 0 Å². The molecule has 1 heterocycles. The summed E-state index contributed by atoms with van der Waals surface area (Å²) >= 11 is 0. The Balaban J connectivity index is 2.51. The van der Waals surface area contributed by atoms with Crippen molar-refractivity contribution in [2.24, 2.45) is 0 Å². The number of fused-ring (bicyclic) bond motifs is 1. The molecule has 9 nitrogen and oxygen atoms in total. The highest BCUT2D eigenvalue weighted by molar-refractivity contribution is 6.09. The van der Waals surface area contributed by atoms with Crippen LogP contribution in [0.3, 0.4) is 0 Å². The number of nitrogens with zero attached hydrogens (tertiary/aromatic N) is 1. The summed E-state index contributed by atoms with van der Waals surface area (Å²) in [4.78, 5) is 28.8. The predicted octanol–water partition coefficient (Wildman–Crippen LogP) is 3.35. The van der Waals surface area contributed by atoms with Crippen LogP contribution in [0.4, 0.5) is 0 Å². The fourth-order valence-electron chi connectivity index (χ4n) is 3.53. The number of carboxylic acids is 1. The second kappa shape index (κ2) is 9.42. The van der Waals surface area contributed by atoms with Crippen molar-refractivity contribution >= 4 is 22.8 Å². The fourth-order valence-corrected chi connectivity index (χ4v) is 3.53. The van der Waals surface area contributed by atoms with E-state index in [4.69, 9.17) is 23.7 Å². The highest BCUT2D eigenvalue weighted by Gasteiger charge is 2.26. The Bertz CT molecular complexity index is 1190. The Labute approximate surface area is 184 Å². The lowest BCUT2D eigenvalue weighted by molar-refractivity contribution is -0.136. The Hall–Kier alpha value is -4.01. The number of aromatic nitrogens is 1. The average Bonchev–Trinajstić information content (AvgIpc) is 2.80. The van der Waals surface area contributed by atoms with Crippen molar-refractivity contribution in [2.45, 2.75) is 6.42 Å². The number of esters is 1. The normalized spacial score (nSPS) is 10.5. The van der Waals surface area contributed by atoms with E-state index in [2.05, 4.69) is 4.98 Å². The smallest absolute Gasteiger partial charge is 0.340 e. The molecule has 0 atom stereocenters. The van der Waals surface area contributed by atoms with E-state index in [1.165, 1.54) is 35.5 Å². The van der Waals surface area contributed by atoms with Crippen LogP contribution in [0.1, 0.15) is 16.1 Å². The molecule has 0 aliphatic carbocycles. The van der Waals surface area contributed by atoms with Gasteiger partial charge in [0.05, 0.1) is 58.7 Å². The van der Waals surface area contributed by atoms with Gasteiger partial charge in [-0.05, 0) is 23.8 Å². The molecule has 0 amide bonds. The molecule has 0 bridgehead atoms. The van der Waals surface area contributed by atoms with Gasteiger partial charge in [0.15, 0.2) is 23.0 Å². The first-order valence-corrected chi connectivity index (χ1v) is 9.49. The van der Waals surface area contributed by atoms with E-state index < -0.39 is 18.4 Å². The third-order valence-corrected chi connectivity index (χ3v) is 4.95. The van der Waals surface area contributed by atoms with Gasteiger partial charge in [0.25, 0.3) is 0 Å². The number of benzene rings is 2. The number of hydrogen-bond acceptors (Lipinski definition) is 8. The van der Waals surface area contributed by atoms with Gasteiger partial charge >= 0.3 is 11.9 Å². The number of ether oxygens (including phenoxy) is 5. The highest BCUT2D eigenvalue weighted by Crippen LogP contribution is 2.41. The predicted molar refractivity (Wildman–Crippen MR) is 116 cm³/mol. The summed E-state index contributed by atoms with van der Waals surface area (Å²) in [5, 5.41) is 9.99. The first-order valence-electron chi connectivity index (χ1n) is 9.49. The summed E-state index contributed by atoms with van der Waals surface area (Å²) < 4.78 is 26.5. The summed E-state index contributed by atoms with van der Waals surface area (Å²) in [6.45, 7) is 0. The van der Waals surface area contributed by atoms with Gasteiger partial charge in [-0.25, -0.2) is 4.79 Å². The summed E-state index contributed by atoms with van der Waals surface area (Å²) in [6.07, 6.45) is -0.477. The van der Waals surface area contributed by atoms with Gasteiger partial charge in [-0.1, -0.05) is 6.07 Å². The number of rotatable bonds is 8. The Morgan fingerprint density at radius 3 is 2.00 bits per heavy atom. The Morgan fingerprint density at radius 1 is 0.844 bits per heavy atom. The second-order valence-electron chi connectivity index (χ2n) is 6.66. The van der Waals surface area contributed by atoms with Gasteiger partial charge in [0.1, 0.15) is 0 Å². The minimum atomic E-state index is -1.14. The maximum atomic E-state index is 12.8. The molecule has 0 saturated heterocycles. The van der Waals surface area contributed by atoms with E-state index >= 15 is 0 Å². The van der Waals surface area contributed by atoms with Crippen LogP contribution in [0.15, 0.2) is 30.3 Å². The molecule has 0 aliphatic rings. The van der Waals surface area contributed by atoms with Crippen molar-refractivity contribution < 1.29 is 38.4 Å². The van der Waals surface area contributed by atoms with Gasteiger partial charge in [0.2, 0.25) is 0 Å². The zero-order valence-corrected chi connectivity index (χ0v) is 18.3. The molecule has 0 unspecified atom stereocenters. The minimum absolute atomic E-state index is 0.0434. The van der Waals surface area contributed by atoms with Crippen molar-refractivity contribution in [1.82, 2.24) is 4.98 Å². The van der Waals surface area contributed by atoms with Gasteiger partial charge < -0.3 is 28.8 Å². The van der Waals surface area contributed by atoms with E-state index in [1.54, 1.807) is 30.3 Å². The SMILES string of the molecule is COC(=O)c1c(CC(=O)O)nc2cc(OC)c(OC)cc2c1-c1ccc(OC)c(OC)c1. The molecule has 3 rings (SSSR count). The van der Waals surface area contributed by atoms with Crippen LogP contribution < -0.4 is 18.9 Å². The zero-order chi connectivity index (χ0) is 23.4. The Morgan fingerprint density at radius 2 is 1.44 bits per heavy atom. The molecule has 1 N–H and O–H groups in total. The van der Waals surface area contributed by atoms with Crippen molar-refractivity contribution in [3.8, 4) is 34.1 Å². The highest BCUT2D eigenvalue weighted by atomic mass is 16.5. The molecule has 168 valence electrons. The Kier molecular flexibility index (Phi) is 6.67. The topological polar surface area (TPSA) is 113 Å². The lowest BCUT2D eigenvalue weighted by Gasteiger charge is -2.18. The summed E-state index contributed by atoms with van der Waals surface area (Å²) in [5.74, 6) is -0.0792. The quantitative estimate of drug-likeness (QED) is 0.526. The van der Waals surface area contributed by atoms with E-state index in [1.807, 2.05) is 0 Å². The first-order chi connectivity index (χ1) is 15.4. The van der Waals surface area contributed by atoms with Crippen LogP contribution in [0.5, 0.6) is 23.0 Å². The number of pyridine rings is 1. The number of aliphatic carboxylic acids is 1. The standard InChI is InChI=1S/C23H23NO8/c1-28-16-7-6-12(8-17(16)29-2)21-13-9-18(30-3)19(31-4)10-14(13)24-15(11-20(25)26)22(21)23(27)32-5/h6-10H,11H2,1-5H3,(H,25,26). The third kappa shape index (κ3) is 4.09. The van der Waals surface area contributed by atoms with E-state index in [0.29, 0.717) is 45.0 Å². The van der Waals surface area contributed by atoms with Crippen molar-refractivity contribution in [2.75, 3.05) is 35.5 Å². The molecular weight excluding hydrogens is 418 g/mol. The zero-order valence-electron chi connectivity index (χ0n) is 18.3. The fraction of sp³-hybridized carbons (Fsp3) is 0.261. The van der Waals surface area contributed by atoms with Gasteiger partial charge in [-0.2, -0.15) is 0 Å². The van der Waals surface area contributed by atoms with Crippen LogP contribution in [-0.2, 0) is 16.0 Å². The molecule has 0 aliphatic heterocycles. The number of carbonyl (C=O) groups excluding carboxylic acids is 1. The molecule has 9 heteroatoms. The van der Waals surface area contributed by atoms with E-state index in [0.717, 1.165) is 0 Å². The summed E-state index contributed by atoms with van der Waals surface area (Å²) in [5.41, 5.74) is 1.54. The van der Waals surface area contributed by atoms with Crippen LogP contribution in [0.2, 0.25) is 0 Å². The number of carboxylic acid groups (broad SMARTS) is 1. The largest absolute Gasteiger partial charge is 0.493 e. The van der Waals surface area contributed by atoms with Gasteiger partial charge in [-0.3, -0.25) is 9.78 Å². The molecule has 32 heavy (non-hydrogen) atoms. The molecule has 0 fully saturated rings. The lowest BCUT2D eigenvalue weighted by atomic mass is 9.92. The van der Waals surface area contributed by atoms with E-state index in [-0.39, 0.29) is 11.3 Å². The molecule has 2 aromatic carbocycles. The molecule has 0 radical (unpaired) electrons. The first kappa shape index (κ1) is 22.7. The van der Waals surface area contributed by atoms with Crippen LogP contribution in [-0.4, -0.2) is 57.6 Å². The van der Waals surface area contributed by atoms with Crippen LogP contribution in [0.25, 0.3) is 22.0 Å². The lowest BCUT2D eigenvalue weighted by Crippen LogP contribution is -2.14. The van der Waals surface area contributed by atoms with Crippen molar-refractivity contribution in [3.05, 3.63) is 41.6 Å². The molecule has 3 aromatic rings. The number of hydrogen-bond donors (Lipinski definition) is 1. The average molecular weight is 441 g/mol. The van der Waals surface area contributed by atoms with Crippen LogP contribution in [0, 0.1) is 0 Å². The molecule has 0 saturated carbocycles. The molecule has 0 spiro atoms. The monoisotopic (exact) mass is 441 g/mol. The maximum absolute atomic E-state index is 12.8.